The van der Waals surface area contributed by atoms with E-state index >= 15 is 0 Å². The summed E-state index contributed by atoms with van der Waals surface area (Å²) < 4.78 is 0. The van der Waals surface area contributed by atoms with Gasteiger partial charge in [-0.05, 0) is 28.2 Å². The summed E-state index contributed by atoms with van der Waals surface area (Å²) in [7, 11) is 7.78. The molecule has 0 fully saturated rings. The second-order valence-electron chi connectivity index (χ2n) is 2.05. The van der Waals surface area contributed by atoms with Crippen molar-refractivity contribution in [2.75, 3.05) is 34.7 Å². The van der Waals surface area contributed by atoms with Gasteiger partial charge in [-0.2, -0.15) is 0 Å². The van der Waals surface area contributed by atoms with Gasteiger partial charge in [-0.25, -0.2) is 0 Å². The topological polar surface area (TPSA) is 15.3 Å². The Morgan fingerprint density at radius 3 is 1.78 bits per heavy atom. The van der Waals surface area contributed by atoms with Crippen molar-refractivity contribution >= 4 is 0 Å². The molecule has 1 N–H and O–H groups in total. The lowest BCUT2D eigenvalue weighted by atomic mass is 10.6. The minimum atomic E-state index is 0.972. The Morgan fingerprint density at radius 1 is 1.44 bits per heavy atom. The number of nitrogens with zero attached hydrogens (tertiary/aromatic N) is 1. The van der Waals surface area contributed by atoms with E-state index in [-0.39, 0.29) is 0 Å². The molecule has 0 atom stereocenters. The van der Waals surface area contributed by atoms with E-state index in [4.69, 9.17) is 0 Å². The van der Waals surface area contributed by atoms with Gasteiger partial charge in [-0.15, -0.1) is 6.58 Å². The molecule has 0 aliphatic carbocycles. The second kappa shape index (κ2) is 10.6. The summed E-state index contributed by atoms with van der Waals surface area (Å²) in [6, 6.07) is 0. The van der Waals surface area contributed by atoms with E-state index in [0.29, 0.717) is 0 Å². The maximum atomic E-state index is 3.56. The van der Waals surface area contributed by atoms with Gasteiger partial charge in [-0.1, -0.05) is 6.08 Å². The fourth-order valence-corrected chi connectivity index (χ4v) is 0.258. The van der Waals surface area contributed by atoms with Gasteiger partial charge in [0.2, 0.25) is 0 Å². The smallest absolute Gasteiger partial charge is 0.0154 e. The van der Waals surface area contributed by atoms with E-state index in [1.165, 1.54) is 0 Å². The van der Waals surface area contributed by atoms with Gasteiger partial charge in [0.25, 0.3) is 0 Å². The highest BCUT2D eigenvalue weighted by atomic mass is 15.0. The molecule has 0 unspecified atom stereocenters. The van der Waals surface area contributed by atoms with Crippen LogP contribution in [-0.4, -0.2) is 39.6 Å². The van der Waals surface area contributed by atoms with E-state index in [2.05, 4.69) is 16.8 Å². The molecule has 0 aromatic rings. The molecule has 0 bridgehead atoms. The third kappa shape index (κ3) is 34.7. The highest BCUT2D eigenvalue weighted by Crippen LogP contribution is 1.69. The largest absolute Gasteiger partial charge is 0.323 e. The maximum Gasteiger partial charge on any atom is 0.0154 e. The highest BCUT2D eigenvalue weighted by Gasteiger charge is 1.75. The standard InChI is InChI=1S/C5H11N.C2H7N/c1-4-5-6(2)3;1-3-2/h4H,1,5H2,2-3H3;3H,1-2H3. The Morgan fingerprint density at radius 2 is 1.78 bits per heavy atom. The number of rotatable bonds is 2. The lowest BCUT2D eigenvalue weighted by Crippen LogP contribution is -2.09. The first-order chi connectivity index (χ1) is 4.18. The van der Waals surface area contributed by atoms with Gasteiger partial charge >= 0.3 is 0 Å². The summed E-state index contributed by atoms with van der Waals surface area (Å²) in [5, 5.41) is 2.75. The normalized spacial score (nSPS) is 8.11. The van der Waals surface area contributed by atoms with Crippen LogP contribution in [0.5, 0.6) is 0 Å². The predicted molar refractivity (Wildman–Crippen MR) is 43.7 cm³/mol. The lowest BCUT2D eigenvalue weighted by Gasteiger charge is -2.01. The third-order valence-corrected chi connectivity index (χ3v) is 0.494. The Bertz CT molecular complexity index is 50.9. The molecular formula is C7H18N2. The first-order valence-electron chi connectivity index (χ1n) is 3.03. The van der Waals surface area contributed by atoms with Gasteiger partial charge in [0, 0.05) is 6.54 Å². The van der Waals surface area contributed by atoms with Gasteiger partial charge in [-0.3, -0.25) is 0 Å². The molecule has 0 aromatic carbocycles. The lowest BCUT2D eigenvalue weighted by molar-refractivity contribution is 0.457. The average molecular weight is 130 g/mol. The van der Waals surface area contributed by atoms with Crippen molar-refractivity contribution in [1.29, 1.82) is 0 Å². The van der Waals surface area contributed by atoms with Crippen LogP contribution in [0.1, 0.15) is 0 Å². The minimum Gasteiger partial charge on any atom is -0.323 e. The molecule has 56 valence electrons. The molecule has 0 aliphatic rings. The summed E-state index contributed by atoms with van der Waals surface area (Å²) in [4.78, 5) is 2.06. The molecule has 9 heavy (non-hydrogen) atoms. The number of nitrogens with one attached hydrogen (secondary N) is 1. The first-order valence-corrected chi connectivity index (χ1v) is 3.03. The number of likely N-dealkylation sites (N-methyl/N-ethyl adjacent to an activating group) is 1. The van der Waals surface area contributed by atoms with Crippen molar-refractivity contribution in [1.82, 2.24) is 10.2 Å². The zero-order valence-electron chi connectivity index (χ0n) is 6.94. The van der Waals surface area contributed by atoms with Gasteiger partial charge in [0.15, 0.2) is 0 Å². The average Bonchev–Trinajstić information content (AvgIpc) is 1.67. The zero-order chi connectivity index (χ0) is 7.70. The van der Waals surface area contributed by atoms with Crippen LogP contribution in [0.3, 0.4) is 0 Å². The van der Waals surface area contributed by atoms with Crippen molar-refractivity contribution in [3.05, 3.63) is 12.7 Å². The van der Waals surface area contributed by atoms with Gasteiger partial charge in [0.05, 0.1) is 0 Å². The quantitative estimate of drug-likeness (QED) is 0.550. The van der Waals surface area contributed by atoms with Crippen LogP contribution in [0.15, 0.2) is 12.7 Å². The molecule has 2 nitrogen and oxygen atoms in total. The van der Waals surface area contributed by atoms with Crippen molar-refractivity contribution in [2.24, 2.45) is 0 Å². The summed E-state index contributed by atoms with van der Waals surface area (Å²) in [6.45, 7) is 4.53. The Kier molecular flexibility index (Phi) is 13.5. The molecule has 0 saturated heterocycles. The van der Waals surface area contributed by atoms with E-state index in [9.17, 15) is 0 Å². The Balaban J connectivity index is 0. The van der Waals surface area contributed by atoms with E-state index in [0.717, 1.165) is 6.54 Å². The van der Waals surface area contributed by atoms with E-state index < -0.39 is 0 Å². The molecule has 0 rings (SSSR count). The van der Waals surface area contributed by atoms with Crippen molar-refractivity contribution in [2.45, 2.75) is 0 Å². The van der Waals surface area contributed by atoms with Crippen molar-refractivity contribution in [3.8, 4) is 0 Å². The fraction of sp³-hybridized carbons (Fsp3) is 0.714. The first kappa shape index (κ1) is 11.5. The van der Waals surface area contributed by atoms with Crippen LogP contribution in [0.4, 0.5) is 0 Å². The molecule has 0 saturated carbocycles. The van der Waals surface area contributed by atoms with Crippen molar-refractivity contribution < 1.29 is 0 Å². The number of hydrogen-bond donors (Lipinski definition) is 1. The summed E-state index contributed by atoms with van der Waals surface area (Å²) >= 11 is 0. The van der Waals surface area contributed by atoms with Crippen LogP contribution in [0, 0.1) is 0 Å². The summed E-state index contributed by atoms with van der Waals surface area (Å²) in [6.07, 6.45) is 1.88. The molecule has 0 amide bonds. The molecule has 0 aromatic heterocycles. The predicted octanol–water partition coefficient (Wildman–Crippen LogP) is 0.570. The molecule has 0 spiro atoms. The van der Waals surface area contributed by atoms with E-state index in [1.54, 1.807) is 0 Å². The van der Waals surface area contributed by atoms with Crippen LogP contribution >= 0.6 is 0 Å². The second-order valence-corrected chi connectivity index (χ2v) is 2.05. The molecule has 0 aliphatic heterocycles. The minimum absolute atomic E-state index is 0.972. The van der Waals surface area contributed by atoms with Gasteiger partial charge in [0.1, 0.15) is 0 Å². The fourth-order valence-electron chi connectivity index (χ4n) is 0.258. The maximum absolute atomic E-state index is 3.56. The van der Waals surface area contributed by atoms with Crippen LogP contribution < -0.4 is 5.32 Å². The SMILES string of the molecule is C=CCN(C)C.CNC. The summed E-state index contributed by atoms with van der Waals surface area (Å²) in [5.41, 5.74) is 0. The Labute approximate surface area is 58.6 Å². The van der Waals surface area contributed by atoms with Crippen LogP contribution in [0.2, 0.25) is 0 Å². The zero-order valence-corrected chi connectivity index (χ0v) is 6.94. The van der Waals surface area contributed by atoms with E-state index in [1.807, 2.05) is 34.3 Å². The highest BCUT2D eigenvalue weighted by molar-refractivity contribution is 4.68. The molecular weight excluding hydrogens is 112 g/mol. The van der Waals surface area contributed by atoms with Crippen LogP contribution in [0.25, 0.3) is 0 Å². The van der Waals surface area contributed by atoms with Crippen LogP contribution in [-0.2, 0) is 0 Å². The molecule has 2 heteroatoms. The third-order valence-electron chi connectivity index (χ3n) is 0.494. The molecule has 0 heterocycles. The monoisotopic (exact) mass is 130 g/mol. The van der Waals surface area contributed by atoms with Gasteiger partial charge < -0.3 is 10.2 Å². The van der Waals surface area contributed by atoms with Crippen molar-refractivity contribution in [3.63, 3.8) is 0 Å². The summed E-state index contributed by atoms with van der Waals surface area (Å²) in [5.74, 6) is 0. The molecule has 0 radical (unpaired) electrons. The number of hydrogen-bond acceptors (Lipinski definition) is 2. The Hall–Kier alpha value is -0.340.